The fourth-order valence-corrected chi connectivity index (χ4v) is 2.06. The van der Waals surface area contributed by atoms with Crippen LogP contribution in [0.2, 0.25) is 0 Å². The zero-order valence-electron chi connectivity index (χ0n) is 19.9. The third kappa shape index (κ3) is 26.6. The molecule has 0 aromatic heterocycles. The van der Waals surface area contributed by atoms with Crippen molar-refractivity contribution in [3.05, 3.63) is 79.1 Å². The first-order chi connectivity index (χ1) is 15.7. The number of rotatable bonds is 3. The third-order valence-corrected chi connectivity index (χ3v) is 3.30. The predicted octanol–water partition coefficient (Wildman–Crippen LogP) is 10.9. The minimum Gasteiger partial charge on any atom is 0 e. The summed E-state index contributed by atoms with van der Waals surface area (Å²) in [5.74, 6) is -0.588. The number of halogens is 6. The molecule has 0 aliphatic heterocycles. The van der Waals surface area contributed by atoms with Gasteiger partial charge >= 0.3 is 120 Å². The molecule has 0 saturated carbocycles. The van der Waals surface area contributed by atoms with E-state index in [4.69, 9.17) is 0 Å². The van der Waals surface area contributed by atoms with E-state index in [2.05, 4.69) is 114 Å². The second-order valence-corrected chi connectivity index (χ2v) is 53.8. The van der Waals surface area contributed by atoms with Gasteiger partial charge in [0.15, 0.2) is 0 Å². The van der Waals surface area contributed by atoms with Crippen LogP contribution in [0, 0.1) is 39.9 Å². The summed E-state index contributed by atoms with van der Waals surface area (Å²) in [6.07, 6.45) is 1.25. The van der Waals surface area contributed by atoms with Crippen LogP contribution in [0.15, 0.2) is 36.4 Å². The summed E-state index contributed by atoms with van der Waals surface area (Å²) in [7, 11) is 0.628. The summed E-state index contributed by atoms with van der Waals surface area (Å²) < 4.78 is 12.7. The van der Waals surface area contributed by atoms with E-state index in [0.29, 0.717) is 15.0 Å². The van der Waals surface area contributed by atoms with E-state index in [1.54, 1.807) is 19.1 Å². The summed E-state index contributed by atoms with van der Waals surface area (Å²) in [6, 6.07) is 9.02. The summed E-state index contributed by atoms with van der Waals surface area (Å²) in [6.45, 7) is 11.8. The Hall–Kier alpha value is 2.57. The number of nitro benzene ring substituents is 2. The third-order valence-electron chi connectivity index (χ3n) is 3.30. The monoisotopic (exact) mass is 1170 g/mol. The zero-order valence-corrected chi connectivity index (χ0v) is 34.9. The van der Waals surface area contributed by atoms with Crippen molar-refractivity contribution in [2.45, 2.75) is 53.9 Å². The normalized spacial score (nSPS) is 8.86. The first kappa shape index (κ1) is 44.6. The maximum absolute atomic E-state index is 12.7. The molecule has 0 aliphatic rings. The van der Waals surface area contributed by atoms with Gasteiger partial charge in [0, 0.05) is 36.3 Å². The second-order valence-electron chi connectivity index (χ2n) is 6.65. The van der Waals surface area contributed by atoms with Crippen LogP contribution in [0.4, 0.5) is 15.8 Å². The number of aryl methyl sites for hydroxylation is 2. The van der Waals surface area contributed by atoms with Crippen LogP contribution in [-0.4, -0.2) is 9.85 Å². The van der Waals surface area contributed by atoms with Crippen molar-refractivity contribution < 1.29 is 47.2 Å². The van der Waals surface area contributed by atoms with Gasteiger partial charge in [-0.1, -0.05) is 51.8 Å². The second kappa shape index (κ2) is 28.1. The summed E-state index contributed by atoms with van der Waals surface area (Å²) in [5, 5.41) is 20.7. The summed E-state index contributed by atoms with van der Waals surface area (Å²) in [5.41, 5.74) is 2.30. The van der Waals surface area contributed by atoms with Crippen molar-refractivity contribution in [2.75, 3.05) is 0 Å². The number of benzene rings is 2. The fourth-order valence-electron chi connectivity index (χ4n) is 2.06. The maximum atomic E-state index is 12.7. The van der Waals surface area contributed by atoms with E-state index in [1.807, 2.05) is 26.8 Å². The quantitative estimate of drug-likeness (QED) is 0.174. The van der Waals surface area contributed by atoms with E-state index in [0.717, 1.165) is 23.3 Å². The minimum absolute atomic E-state index is 0. The summed E-state index contributed by atoms with van der Waals surface area (Å²) in [4.78, 5) is 19.4. The van der Waals surface area contributed by atoms with E-state index < -0.39 is 16.4 Å². The van der Waals surface area contributed by atoms with Crippen LogP contribution in [0.25, 0.3) is 0 Å². The zero-order chi connectivity index (χ0) is 27.4. The molecule has 2 aromatic rings. The molecule has 6 nitrogen and oxygen atoms in total. The van der Waals surface area contributed by atoms with Crippen LogP contribution in [0.1, 0.15) is 56.7 Å². The number of hydrogen-bond acceptors (Lipinski definition) is 4. The Kier molecular flexibility index (Phi) is 35.8. The molecule has 0 unspecified atom stereocenters. The first-order valence-corrected chi connectivity index (χ1v) is 32.1. The van der Waals surface area contributed by atoms with Crippen molar-refractivity contribution in [1.29, 1.82) is 0 Å². The van der Waals surface area contributed by atoms with Gasteiger partial charge in [-0.2, -0.15) is 4.39 Å². The van der Waals surface area contributed by atoms with Crippen molar-refractivity contribution in [2.24, 2.45) is 0 Å². The van der Waals surface area contributed by atoms with Gasteiger partial charge in [-0.3, -0.25) is 20.2 Å². The van der Waals surface area contributed by atoms with Gasteiger partial charge in [-0.25, -0.2) is 0 Å². The standard InChI is InChI=1S/C10H13NO2.C7H6FNO2.C3H8.5HI.3V/c1-7(2)9-6-8(3)4-5-10(9)11(12)13;1-5-2-3-7(9(10)11)6(8)4-5;1-3-2;;;;;;;;/h4-7H,1-3H3;2-4H,1H3;3H2,1-2H3;5*1H;;;/q;;;;;;;;;+2;+3/p-5. The van der Waals surface area contributed by atoms with Crippen LogP contribution in [0.5, 0.6) is 0 Å². The van der Waals surface area contributed by atoms with Gasteiger partial charge in [0.25, 0.3) is 5.69 Å². The van der Waals surface area contributed by atoms with Crippen LogP contribution < -0.4 is 0 Å². The van der Waals surface area contributed by atoms with Crippen molar-refractivity contribution in [3.8, 4) is 0 Å². The Labute approximate surface area is 286 Å². The average molecular weight is 1170 g/mol. The fraction of sp³-hybridized carbons (Fsp3) is 0.400. The van der Waals surface area contributed by atoms with Gasteiger partial charge in [-0.05, 0) is 37.5 Å². The van der Waals surface area contributed by atoms with Crippen LogP contribution in [0.3, 0.4) is 0 Å². The molecule has 0 bridgehead atoms. The topological polar surface area (TPSA) is 86.3 Å². The molecule has 2 aromatic carbocycles. The van der Waals surface area contributed by atoms with E-state index in [1.165, 1.54) is 12.5 Å². The van der Waals surface area contributed by atoms with Crippen LogP contribution in [-0.2, 0) is 32.9 Å². The summed E-state index contributed by atoms with van der Waals surface area (Å²) >= 11 is 12.1. The van der Waals surface area contributed by atoms with Gasteiger partial charge < -0.3 is 0 Å². The molecule has 1 radical (unpaired) electrons. The Balaban J connectivity index is -0.000000197. The smallest absolute Gasteiger partial charge is 0 e. The SMILES string of the molecule is CCC.Cc1ccc([N+](=O)[O-])c(C(C)C)c1.Cc1ccc([N+](=O)[O-])c(F)c1.[I][V]([I])[I].[I][V][I].[V]. The van der Waals surface area contributed by atoms with Gasteiger partial charge in [0.2, 0.25) is 5.82 Å². The Morgan fingerprint density at radius 1 is 0.914 bits per heavy atom. The molecule has 0 saturated heterocycles. The van der Waals surface area contributed by atoms with Crippen molar-refractivity contribution in [1.82, 2.24) is 0 Å². The molecule has 0 amide bonds. The predicted molar refractivity (Wildman–Crippen MR) is 176 cm³/mol. The molecular weight excluding hydrogens is 1140 g/mol. The van der Waals surface area contributed by atoms with Gasteiger partial charge in [0.1, 0.15) is 0 Å². The molecule has 0 atom stereocenters. The minimum atomic E-state index is -0.782. The number of nitrogens with zero attached hydrogens (tertiary/aromatic N) is 2. The Morgan fingerprint density at radius 2 is 1.23 bits per heavy atom. The molecule has 35 heavy (non-hydrogen) atoms. The molecule has 198 valence electrons. The molecule has 0 heterocycles. The molecule has 2 rings (SSSR count). The number of nitro groups is 2. The van der Waals surface area contributed by atoms with Gasteiger partial charge in [-0.15, -0.1) is 0 Å². The first-order valence-electron chi connectivity index (χ1n) is 9.55. The Morgan fingerprint density at radius 3 is 1.51 bits per heavy atom. The maximum Gasteiger partial charge on any atom is 0 e. The molecule has 0 spiro atoms. The molecule has 0 fully saturated rings. The van der Waals surface area contributed by atoms with E-state index >= 15 is 0 Å². The van der Waals surface area contributed by atoms with Gasteiger partial charge in [0.05, 0.1) is 9.85 Å². The van der Waals surface area contributed by atoms with Crippen LogP contribution >= 0.6 is 99.9 Å². The molecular formula is C20H27FI5N2O4V3. The molecule has 15 heteroatoms. The van der Waals surface area contributed by atoms with E-state index in [-0.39, 0.29) is 40.0 Å². The number of hydrogen-bond donors (Lipinski definition) is 0. The van der Waals surface area contributed by atoms with E-state index in [9.17, 15) is 24.6 Å². The van der Waals surface area contributed by atoms with Crippen molar-refractivity contribution >= 4 is 111 Å². The largest absolute Gasteiger partial charge is 0 e. The Bertz CT molecular complexity index is 865. The molecule has 0 N–H and O–H groups in total. The average Bonchev–Trinajstić information content (AvgIpc) is 2.68. The van der Waals surface area contributed by atoms with Crippen molar-refractivity contribution in [3.63, 3.8) is 0 Å². The molecule has 0 aliphatic carbocycles.